The van der Waals surface area contributed by atoms with E-state index in [1.807, 2.05) is 30.3 Å². The summed E-state index contributed by atoms with van der Waals surface area (Å²) in [6.07, 6.45) is 17.8. The first kappa shape index (κ1) is 38.7. The summed E-state index contributed by atoms with van der Waals surface area (Å²) in [5.41, 5.74) is 12.6. The van der Waals surface area contributed by atoms with E-state index in [0.29, 0.717) is 11.3 Å². The molecule has 0 spiro atoms. The summed E-state index contributed by atoms with van der Waals surface area (Å²) in [5, 5.41) is 0. The maximum absolute atomic E-state index is 3.57. The first-order valence-corrected chi connectivity index (χ1v) is 19.8. The van der Waals surface area contributed by atoms with Gasteiger partial charge in [0.2, 0.25) is 0 Å². The van der Waals surface area contributed by atoms with Gasteiger partial charge in [0.15, 0.2) is 0 Å². The van der Waals surface area contributed by atoms with Gasteiger partial charge in [0, 0.05) is 0 Å². The van der Waals surface area contributed by atoms with E-state index in [4.69, 9.17) is 0 Å². The number of rotatable bonds is 2. The van der Waals surface area contributed by atoms with Crippen LogP contribution in [0.15, 0.2) is 77.9 Å². The zero-order chi connectivity index (χ0) is 34.0. The first-order valence-electron chi connectivity index (χ1n) is 18.0. The predicted molar refractivity (Wildman–Crippen MR) is 205 cm³/mol. The molecule has 3 aromatic rings. The van der Waals surface area contributed by atoms with E-state index in [-0.39, 0.29) is 18.3 Å². The quantitative estimate of drug-likeness (QED) is 0.181. The average Bonchev–Trinajstić information content (AvgIpc) is 3.54. The van der Waals surface area contributed by atoms with Gasteiger partial charge in [0.1, 0.15) is 0 Å². The summed E-state index contributed by atoms with van der Waals surface area (Å²) in [6.45, 7) is 18.2. The van der Waals surface area contributed by atoms with Crippen LogP contribution in [0, 0.1) is 54.7 Å². The summed E-state index contributed by atoms with van der Waals surface area (Å²) in [5.74, 6) is 3.82. The largest absolute Gasteiger partial charge is 0.358 e. The van der Waals surface area contributed by atoms with E-state index >= 15 is 0 Å². The molecular weight excluding hydrogens is 656 g/mol. The van der Waals surface area contributed by atoms with E-state index < -0.39 is 0 Å². The molecule has 0 N–H and O–H groups in total. The molecule has 1 unspecified atom stereocenters. The molecule has 0 amide bonds. The minimum Gasteiger partial charge on any atom is -0.358 e. The summed E-state index contributed by atoms with van der Waals surface area (Å²) in [6, 6.07) is 27.6. The smallest absolute Gasteiger partial charge is 0.171 e. The number of fused-ring (bicyclic) bond motifs is 3. The average molecular weight is 716 g/mol. The Morgan fingerprint density at radius 3 is 1.83 bits per heavy atom. The predicted octanol–water partition coefficient (Wildman–Crippen LogP) is 12.5. The van der Waals surface area contributed by atoms with Gasteiger partial charge in [-0.25, -0.2) is 5.57 Å². The third kappa shape index (κ3) is 9.16. The Morgan fingerprint density at radius 2 is 1.38 bits per heavy atom. The Bertz CT molecular complexity index is 1450. The van der Waals surface area contributed by atoms with Crippen LogP contribution in [0.25, 0.3) is 11.1 Å². The minimum absolute atomic E-state index is 0. The van der Waals surface area contributed by atoms with Crippen molar-refractivity contribution in [1.29, 1.82) is 0 Å². The van der Waals surface area contributed by atoms with Gasteiger partial charge in [-0.05, 0) is 79.1 Å². The van der Waals surface area contributed by atoms with Crippen molar-refractivity contribution >= 4 is 4.21 Å². The molecule has 4 fully saturated rings. The maximum atomic E-state index is 3.57. The number of allylic oxidation sites excluding steroid dienone is 4. The molecule has 4 bridgehead atoms. The third-order valence-electron chi connectivity index (χ3n) is 11.2. The summed E-state index contributed by atoms with van der Waals surface area (Å²) < 4.78 is 3.34. The number of hydrogen-bond acceptors (Lipinski definition) is 0. The fourth-order valence-electron chi connectivity index (χ4n) is 9.33. The van der Waals surface area contributed by atoms with Gasteiger partial charge in [0.25, 0.3) is 0 Å². The van der Waals surface area contributed by atoms with Crippen LogP contribution in [0.4, 0.5) is 0 Å². The summed E-state index contributed by atoms with van der Waals surface area (Å²) in [7, 11) is 0. The second kappa shape index (κ2) is 15.8. The molecule has 1 heteroatoms. The molecule has 256 valence electrons. The minimum atomic E-state index is 0. The van der Waals surface area contributed by atoms with Crippen LogP contribution in [0.5, 0.6) is 0 Å². The fourth-order valence-corrected chi connectivity index (χ4v) is 9.33. The standard InChI is InChI=1S/C21H25.C18H25.C6H5.CH3.CH2.Zr/c1-20(2,3)16-9-7-14-11-15-8-10-17(21(4,5)6)13-19(15)18(14)12-16;1-12-3-13(2)17(4-12)11-18-8-14-5-15(9-18)7-16(6-14)10-18;1-2-4-6-5-3-1;;;/h7,9-10,12-13H,11H2,1-6H3;4,12,14-16H,5-11H2,1-2H3;1-5H;1H3;1H2;/q4*-1;;. The van der Waals surface area contributed by atoms with Gasteiger partial charge in [-0.3, -0.25) is 6.08 Å². The zero-order valence-electron chi connectivity index (χ0n) is 31.5. The van der Waals surface area contributed by atoms with Crippen LogP contribution >= 0.6 is 0 Å². The van der Waals surface area contributed by atoms with Gasteiger partial charge in [-0.1, -0.05) is 102 Å². The van der Waals surface area contributed by atoms with Crippen LogP contribution in [-0.4, -0.2) is 4.21 Å². The molecule has 48 heavy (non-hydrogen) atoms. The van der Waals surface area contributed by atoms with E-state index in [1.54, 1.807) is 44.1 Å². The second-order valence-corrected chi connectivity index (χ2v) is 17.3. The molecule has 1 atom stereocenters. The van der Waals surface area contributed by atoms with E-state index in [9.17, 15) is 0 Å². The topological polar surface area (TPSA) is 0 Å². The third-order valence-corrected chi connectivity index (χ3v) is 11.2. The second-order valence-electron chi connectivity index (χ2n) is 17.3. The van der Waals surface area contributed by atoms with E-state index in [0.717, 1.165) is 24.2 Å². The van der Waals surface area contributed by atoms with E-state index in [2.05, 4.69) is 114 Å². The number of hydrogen-bond donors (Lipinski definition) is 0. The Balaban J connectivity index is 0.000000175. The zero-order valence-corrected chi connectivity index (χ0v) is 34.0. The van der Waals surface area contributed by atoms with Crippen molar-refractivity contribution in [3.63, 3.8) is 0 Å². The molecular formula is C47H60Zr-4. The van der Waals surface area contributed by atoms with Crippen molar-refractivity contribution in [2.75, 3.05) is 0 Å². The van der Waals surface area contributed by atoms with Gasteiger partial charge in [-0.2, -0.15) is 77.4 Å². The van der Waals surface area contributed by atoms with Crippen molar-refractivity contribution in [3.05, 3.63) is 126 Å². The summed E-state index contributed by atoms with van der Waals surface area (Å²) >= 11 is 1.30. The monoisotopic (exact) mass is 714 g/mol. The van der Waals surface area contributed by atoms with Gasteiger partial charge >= 0.3 is 28.4 Å². The van der Waals surface area contributed by atoms with Gasteiger partial charge in [0.05, 0.1) is 0 Å². The van der Waals surface area contributed by atoms with Crippen molar-refractivity contribution in [2.45, 2.75) is 118 Å². The SMILES string of the molecule is CC(C)(C)c1c[c-]c2c(c1)-c1cc(C(C)(C)C)ccc1C2.CC1=[C-]C(C)C=C1CC12CC3CC(CC(C3)C1)C2.[CH2]=[Zr].[CH3-].[c-]1ccccc1. The van der Waals surface area contributed by atoms with Crippen LogP contribution in [-0.2, 0) is 41.5 Å². The molecule has 0 saturated heterocycles. The molecule has 3 aromatic carbocycles. The van der Waals surface area contributed by atoms with Gasteiger partial charge < -0.3 is 7.43 Å². The molecule has 0 radical (unpaired) electrons. The Labute approximate surface area is 310 Å². The molecule has 6 aliphatic rings. The normalized spacial score (nSPS) is 25.7. The van der Waals surface area contributed by atoms with Crippen molar-refractivity contribution < 1.29 is 24.2 Å². The molecule has 0 aliphatic heterocycles. The summed E-state index contributed by atoms with van der Waals surface area (Å²) in [4.78, 5) is 0. The molecule has 9 rings (SSSR count). The van der Waals surface area contributed by atoms with Crippen molar-refractivity contribution in [1.82, 2.24) is 0 Å². The van der Waals surface area contributed by atoms with Gasteiger partial charge in [-0.15, -0.1) is 5.56 Å². The molecule has 0 nitrogen and oxygen atoms in total. The Morgan fingerprint density at radius 1 is 0.812 bits per heavy atom. The van der Waals surface area contributed by atoms with Crippen molar-refractivity contribution in [2.24, 2.45) is 29.1 Å². The Hall–Kier alpha value is -2.11. The molecule has 0 aromatic heterocycles. The number of benzene rings is 3. The van der Waals surface area contributed by atoms with Crippen molar-refractivity contribution in [3.8, 4) is 11.1 Å². The fraction of sp³-hybridized carbons (Fsp3) is 0.489. The molecule has 4 saturated carbocycles. The van der Waals surface area contributed by atoms with Crippen LogP contribution in [0.3, 0.4) is 0 Å². The van der Waals surface area contributed by atoms with E-state index in [1.165, 1.54) is 69.6 Å². The maximum Gasteiger partial charge on any atom is -0.171 e. The molecule has 0 heterocycles. The first-order chi connectivity index (χ1) is 22.3. The molecule has 6 aliphatic carbocycles. The van der Waals surface area contributed by atoms with Crippen LogP contribution in [0.1, 0.15) is 123 Å². The Kier molecular flexibility index (Phi) is 12.8. The van der Waals surface area contributed by atoms with Crippen LogP contribution in [0.2, 0.25) is 0 Å². The van der Waals surface area contributed by atoms with Crippen LogP contribution < -0.4 is 0 Å².